The Bertz CT molecular complexity index is 1420. The molecule has 0 aliphatic rings. The van der Waals surface area contributed by atoms with Crippen LogP contribution in [0.2, 0.25) is 10.0 Å². The third-order valence-electron chi connectivity index (χ3n) is 4.87. The summed E-state index contributed by atoms with van der Waals surface area (Å²) in [6.07, 6.45) is -4.65. The molecule has 1 N–H and O–H groups in total. The van der Waals surface area contributed by atoms with Crippen molar-refractivity contribution in [3.05, 3.63) is 99.7 Å². The number of nitrogens with one attached hydrogen (secondary N) is 1. The lowest BCUT2D eigenvalue weighted by atomic mass is 10.1. The molecule has 1 aromatic heterocycles. The van der Waals surface area contributed by atoms with Crippen LogP contribution in [0.3, 0.4) is 0 Å². The van der Waals surface area contributed by atoms with Crippen molar-refractivity contribution < 1.29 is 18.0 Å². The Hall–Kier alpha value is -3.80. The summed E-state index contributed by atoms with van der Waals surface area (Å²) in [4.78, 5) is 12.6. The first-order chi connectivity index (χ1) is 16.2. The zero-order valence-corrected chi connectivity index (χ0v) is 18.6. The average Bonchev–Trinajstić information content (AvgIpc) is 3.26. The number of benzene rings is 3. The molecule has 34 heavy (non-hydrogen) atoms. The predicted octanol–water partition coefficient (Wildman–Crippen LogP) is 6.99. The number of hydrogen-bond donors (Lipinski definition) is 1. The first-order valence-electron chi connectivity index (χ1n) is 9.71. The summed E-state index contributed by atoms with van der Waals surface area (Å²) < 4.78 is 41.3. The van der Waals surface area contributed by atoms with Gasteiger partial charge >= 0.3 is 6.18 Å². The molecule has 0 fully saturated rings. The smallest absolute Gasteiger partial charge is 0.321 e. The van der Waals surface area contributed by atoms with Gasteiger partial charge in [-0.25, -0.2) is 4.68 Å². The molecule has 0 saturated carbocycles. The summed E-state index contributed by atoms with van der Waals surface area (Å²) in [5, 5.41) is 16.2. The van der Waals surface area contributed by atoms with Crippen molar-refractivity contribution in [2.75, 3.05) is 5.32 Å². The second-order valence-corrected chi connectivity index (χ2v) is 7.95. The van der Waals surface area contributed by atoms with Crippen molar-refractivity contribution in [2.24, 2.45) is 0 Å². The van der Waals surface area contributed by atoms with Gasteiger partial charge in [0.1, 0.15) is 6.07 Å². The van der Waals surface area contributed by atoms with Crippen LogP contribution in [0.1, 0.15) is 21.6 Å². The van der Waals surface area contributed by atoms with Gasteiger partial charge in [0.15, 0.2) is 5.69 Å². The van der Waals surface area contributed by atoms with Gasteiger partial charge in [0, 0.05) is 16.1 Å². The van der Waals surface area contributed by atoms with Crippen LogP contribution in [0.4, 0.5) is 18.9 Å². The van der Waals surface area contributed by atoms with Crippen molar-refractivity contribution >= 4 is 34.8 Å². The molecule has 0 spiro atoms. The zero-order valence-electron chi connectivity index (χ0n) is 17.1. The number of carbonyl (C=O) groups excluding carboxylic acids is 1. The van der Waals surface area contributed by atoms with Crippen molar-refractivity contribution in [1.82, 2.24) is 9.78 Å². The number of halogens is 5. The molecule has 3 aromatic carbocycles. The molecule has 1 amide bonds. The molecule has 0 aliphatic heterocycles. The normalized spacial score (nSPS) is 11.2. The number of anilines is 1. The third-order valence-corrected chi connectivity index (χ3v) is 5.43. The number of carbonyl (C=O) groups is 1. The minimum Gasteiger partial charge on any atom is -0.321 e. The maximum absolute atomic E-state index is 13.4. The Balaban J connectivity index is 1.68. The summed E-state index contributed by atoms with van der Waals surface area (Å²) in [7, 11) is 0. The highest BCUT2D eigenvalue weighted by Gasteiger charge is 2.35. The van der Waals surface area contributed by atoms with Gasteiger partial charge in [-0.3, -0.25) is 4.79 Å². The number of hydrogen-bond acceptors (Lipinski definition) is 3. The summed E-state index contributed by atoms with van der Waals surface area (Å²) in [6.45, 7) is 0. The van der Waals surface area contributed by atoms with Crippen LogP contribution in [0, 0.1) is 11.3 Å². The number of alkyl halides is 3. The Morgan fingerprint density at radius 1 is 1.00 bits per heavy atom. The van der Waals surface area contributed by atoms with E-state index < -0.39 is 17.8 Å². The lowest BCUT2D eigenvalue weighted by molar-refractivity contribution is -0.141. The lowest BCUT2D eigenvalue weighted by Crippen LogP contribution is -2.12. The fourth-order valence-corrected chi connectivity index (χ4v) is 3.63. The van der Waals surface area contributed by atoms with Gasteiger partial charge < -0.3 is 5.32 Å². The molecule has 1 heterocycles. The molecule has 4 aromatic rings. The number of amides is 1. The van der Waals surface area contributed by atoms with Crippen molar-refractivity contribution in [1.29, 1.82) is 5.26 Å². The molecule has 0 unspecified atom stereocenters. The first kappa shape index (κ1) is 23.4. The quantitative estimate of drug-likeness (QED) is 0.328. The van der Waals surface area contributed by atoms with Crippen LogP contribution < -0.4 is 5.32 Å². The van der Waals surface area contributed by atoms with E-state index >= 15 is 0 Å². The zero-order chi connectivity index (χ0) is 24.5. The van der Waals surface area contributed by atoms with Crippen molar-refractivity contribution in [3.63, 3.8) is 0 Å². The molecular weight excluding hydrogens is 488 g/mol. The van der Waals surface area contributed by atoms with Crippen LogP contribution in [-0.4, -0.2) is 15.7 Å². The molecule has 10 heteroatoms. The highest BCUT2D eigenvalue weighted by atomic mass is 35.5. The minimum atomic E-state index is -4.65. The van der Waals surface area contributed by atoms with E-state index in [0.717, 1.165) is 10.7 Å². The van der Waals surface area contributed by atoms with E-state index in [0.29, 0.717) is 10.6 Å². The average molecular weight is 501 g/mol. The SMILES string of the molecule is N#Cc1cc(Cl)ccc1NC(=O)c1ccc(-c2cc(C(F)(F)F)nn2-c2ccccc2Cl)cc1. The Morgan fingerprint density at radius 3 is 2.35 bits per heavy atom. The minimum absolute atomic E-state index is 0.150. The highest BCUT2D eigenvalue weighted by Crippen LogP contribution is 2.34. The van der Waals surface area contributed by atoms with E-state index in [4.69, 9.17) is 23.2 Å². The Kier molecular flexibility index (Phi) is 6.33. The van der Waals surface area contributed by atoms with Gasteiger partial charge in [0.25, 0.3) is 5.91 Å². The van der Waals surface area contributed by atoms with E-state index in [1.807, 2.05) is 6.07 Å². The number of rotatable bonds is 4. The van der Waals surface area contributed by atoms with Crippen LogP contribution in [0.25, 0.3) is 16.9 Å². The molecule has 5 nitrogen and oxygen atoms in total. The summed E-state index contributed by atoms with van der Waals surface area (Å²) in [5.74, 6) is -0.499. The largest absolute Gasteiger partial charge is 0.435 e. The van der Waals surface area contributed by atoms with E-state index in [1.54, 1.807) is 24.3 Å². The highest BCUT2D eigenvalue weighted by molar-refractivity contribution is 6.32. The molecule has 0 saturated heterocycles. The molecule has 0 aliphatic carbocycles. The van der Waals surface area contributed by atoms with Crippen LogP contribution in [0.5, 0.6) is 0 Å². The molecular formula is C24H13Cl2F3N4O. The van der Waals surface area contributed by atoms with Gasteiger partial charge in [-0.15, -0.1) is 0 Å². The van der Waals surface area contributed by atoms with E-state index in [9.17, 15) is 23.2 Å². The second-order valence-electron chi connectivity index (χ2n) is 7.11. The topological polar surface area (TPSA) is 70.7 Å². The van der Waals surface area contributed by atoms with Crippen LogP contribution in [0.15, 0.2) is 72.8 Å². The van der Waals surface area contributed by atoms with Crippen molar-refractivity contribution in [2.45, 2.75) is 6.18 Å². The maximum atomic E-state index is 13.4. The molecule has 4 rings (SSSR count). The number of nitrogens with zero attached hydrogens (tertiary/aromatic N) is 3. The number of para-hydroxylation sites is 1. The molecule has 0 radical (unpaired) electrons. The van der Waals surface area contributed by atoms with Crippen LogP contribution >= 0.6 is 23.2 Å². The summed E-state index contributed by atoms with van der Waals surface area (Å²) in [6, 6.07) is 19.7. The van der Waals surface area contributed by atoms with Gasteiger partial charge in [0.05, 0.1) is 27.7 Å². The van der Waals surface area contributed by atoms with E-state index in [1.165, 1.54) is 42.5 Å². The maximum Gasteiger partial charge on any atom is 0.435 e. The fourth-order valence-electron chi connectivity index (χ4n) is 3.24. The predicted molar refractivity (Wildman–Crippen MR) is 123 cm³/mol. The van der Waals surface area contributed by atoms with Gasteiger partial charge in [-0.2, -0.15) is 23.5 Å². The molecule has 0 bridgehead atoms. The summed E-state index contributed by atoms with van der Waals surface area (Å²) in [5.41, 5.74) is 0.468. The third kappa shape index (κ3) is 4.76. The Morgan fingerprint density at radius 2 is 1.71 bits per heavy atom. The molecule has 170 valence electrons. The first-order valence-corrected chi connectivity index (χ1v) is 10.5. The van der Waals surface area contributed by atoms with Crippen molar-refractivity contribution in [3.8, 4) is 23.0 Å². The molecule has 0 atom stereocenters. The number of nitriles is 1. The van der Waals surface area contributed by atoms with E-state index in [2.05, 4.69) is 10.4 Å². The Labute approximate surface area is 202 Å². The summed E-state index contributed by atoms with van der Waals surface area (Å²) >= 11 is 12.1. The lowest BCUT2D eigenvalue weighted by Gasteiger charge is -2.10. The second kappa shape index (κ2) is 9.21. The standard InChI is InChI=1S/C24H13Cl2F3N4O/c25-17-9-10-19(16(11-17)13-30)31-23(34)15-7-5-14(6-8-15)21-12-22(24(27,28)29)32-33(21)20-4-2-1-3-18(20)26/h1-12H,(H,31,34). The van der Waals surface area contributed by atoms with E-state index in [-0.39, 0.29) is 33.2 Å². The number of aromatic nitrogens is 2. The van der Waals surface area contributed by atoms with Gasteiger partial charge in [0.2, 0.25) is 0 Å². The van der Waals surface area contributed by atoms with Gasteiger partial charge in [-0.1, -0.05) is 47.5 Å². The van der Waals surface area contributed by atoms with Gasteiger partial charge in [-0.05, 0) is 48.5 Å². The fraction of sp³-hybridized carbons (Fsp3) is 0.0417. The monoisotopic (exact) mass is 500 g/mol. The van der Waals surface area contributed by atoms with Crippen LogP contribution in [-0.2, 0) is 6.18 Å².